The standard InChI is InChI=1S/C17H22N2O3S2/c1-4-15(16-9-6-10-23-16)18-17(20)12-19(24(3,21)22)14-8-5-7-13(2)11-14/h5-11,15H,4,12H2,1-3H3,(H,18,20)/t15-/m1/s1. The van der Waals surface area contributed by atoms with Crippen molar-refractivity contribution < 1.29 is 13.2 Å². The highest BCUT2D eigenvalue weighted by Crippen LogP contribution is 2.22. The highest BCUT2D eigenvalue weighted by molar-refractivity contribution is 7.92. The number of sulfonamides is 1. The van der Waals surface area contributed by atoms with Crippen LogP contribution in [0.2, 0.25) is 0 Å². The van der Waals surface area contributed by atoms with E-state index in [-0.39, 0.29) is 18.5 Å². The molecule has 0 saturated heterocycles. The van der Waals surface area contributed by atoms with Crippen molar-refractivity contribution in [1.82, 2.24) is 5.32 Å². The monoisotopic (exact) mass is 366 g/mol. The first-order valence-electron chi connectivity index (χ1n) is 7.68. The Labute approximate surface area is 147 Å². The van der Waals surface area contributed by atoms with Crippen molar-refractivity contribution in [3.63, 3.8) is 0 Å². The smallest absolute Gasteiger partial charge is 0.241 e. The highest BCUT2D eigenvalue weighted by atomic mass is 32.2. The molecule has 1 aromatic heterocycles. The van der Waals surface area contributed by atoms with Gasteiger partial charge in [-0.25, -0.2) is 8.42 Å². The summed E-state index contributed by atoms with van der Waals surface area (Å²) in [4.78, 5) is 13.5. The Morgan fingerprint density at radius 2 is 2.04 bits per heavy atom. The molecule has 2 rings (SSSR count). The molecular weight excluding hydrogens is 344 g/mol. The number of rotatable bonds is 7. The van der Waals surface area contributed by atoms with E-state index in [9.17, 15) is 13.2 Å². The Balaban J connectivity index is 2.16. The summed E-state index contributed by atoms with van der Waals surface area (Å²) < 4.78 is 25.4. The van der Waals surface area contributed by atoms with E-state index in [1.165, 1.54) is 0 Å². The molecule has 5 nitrogen and oxygen atoms in total. The summed E-state index contributed by atoms with van der Waals surface area (Å²) in [5, 5.41) is 4.88. The Morgan fingerprint density at radius 1 is 1.29 bits per heavy atom. The van der Waals surface area contributed by atoms with Gasteiger partial charge in [-0.3, -0.25) is 9.10 Å². The van der Waals surface area contributed by atoms with Crippen molar-refractivity contribution in [2.24, 2.45) is 0 Å². The number of amides is 1. The maximum absolute atomic E-state index is 12.4. The number of benzene rings is 1. The number of nitrogens with one attached hydrogen (secondary N) is 1. The van der Waals surface area contributed by atoms with Crippen molar-refractivity contribution in [2.75, 3.05) is 17.1 Å². The van der Waals surface area contributed by atoms with E-state index in [1.807, 2.05) is 37.4 Å². The van der Waals surface area contributed by atoms with Gasteiger partial charge in [0, 0.05) is 4.88 Å². The second kappa shape index (κ2) is 7.81. The molecule has 0 fully saturated rings. The number of hydrogen-bond donors (Lipinski definition) is 1. The Bertz CT molecular complexity index is 786. The fourth-order valence-corrected chi connectivity index (χ4v) is 4.13. The fourth-order valence-electron chi connectivity index (χ4n) is 2.42. The van der Waals surface area contributed by atoms with Gasteiger partial charge in [0.15, 0.2) is 0 Å². The third-order valence-corrected chi connectivity index (χ3v) is 5.73. The molecule has 0 bridgehead atoms. The number of carbonyl (C=O) groups is 1. The van der Waals surface area contributed by atoms with Gasteiger partial charge in [-0.15, -0.1) is 11.3 Å². The SMILES string of the molecule is CC[C@@H](NC(=O)CN(c1cccc(C)c1)S(C)(=O)=O)c1cccs1. The highest BCUT2D eigenvalue weighted by Gasteiger charge is 2.22. The Kier molecular flexibility index (Phi) is 6.01. The van der Waals surface area contributed by atoms with Crippen LogP contribution in [0.1, 0.15) is 29.8 Å². The molecule has 1 heterocycles. The third-order valence-electron chi connectivity index (χ3n) is 3.61. The van der Waals surface area contributed by atoms with Crippen LogP contribution >= 0.6 is 11.3 Å². The molecule has 0 aliphatic carbocycles. The lowest BCUT2D eigenvalue weighted by atomic mass is 10.2. The lowest BCUT2D eigenvalue weighted by Gasteiger charge is -2.24. The van der Waals surface area contributed by atoms with Crippen molar-refractivity contribution in [3.8, 4) is 0 Å². The molecule has 0 aliphatic rings. The number of carbonyl (C=O) groups excluding carboxylic acids is 1. The van der Waals surface area contributed by atoms with Gasteiger partial charge in [0.25, 0.3) is 0 Å². The van der Waals surface area contributed by atoms with Gasteiger partial charge in [-0.05, 0) is 42.5 Å². The van der Waals surface area contributed by atoms with E-state index in [0.29, 0.717) is 5.69 Å². The molecule has 1 N–H and O–H groups in total. The lowest BCUT2D eigenvalue weighted by molar-refractivity contribution is -0.120. The van der Waals surface area contributed by atoms with Gasteiger partial charge < -0.3 is 5.32 Å². The topological polar surface area (TPSA) is 66.5 Å². The van der Waals surface area contributed by atoms with E-state index in [1.54, 1.807) is 29.5 Å². The first kappa shape index (κ1) is 18.5. The minimum absolute atomic E-state index is 0.101. The first-order valence-corrected chi connectivity index (χ1v) is 10.4. The van der Waals surface area contributed by atoms with Crippen LogP contribution in [-0.2, 0) is 14.8 Å². The zero-order chi connectivity index (χ0) is 17.7. The van der Waals surface area contributed by atoms with Gasteiger partial charge in [0.05, 0.1) is 18.0 Å². The molecule has 1 aromatic carbocycles. The van der Waals surface area contributed by atoms with E-state index >= 15 is 0 Å². The van der Waals surface area contributed by atoms with Gasteiger partial charge >= 0.3 is 0 Å². The summed E-state index contributed by atoms with van der Waals surface area (Å²) >= 11 is 1.57. The first-order chi connectivity index (χ1) is 11.3. The van der Waals surface area contributed by atoms with Crippen molar-refractivity contribution in [2.45, 2.75) is 26.3 Å². The van der Waals surface area contributed by atoms with Gasteiger partial charge in [0.2, 0.25) is 15.9 Å². The second-order valence-electron chi connectivity index (χ2n) is 5.65. The molecule has 0 aliphatic heterocycles. The van der Waals surface area contributed by atoms with Crippen molar-refractivity contribution in [1.29, 1.82) is 0 Å². The minimum Gasteiger partial charge on any atom is -0.347 e. The van der Waals surface area contributed by atoms with Gasteiger partial charge in [-0.2, -0.15) is 0 Å². The minimum atomic E-state index is -3.55. The van der Waals surface area contributed by atoms with Gasteiger partial charge in [0.1, 0.15) is 6.54 Å². The third kappa shape index (κ3) is 4.82. The predicted molar refractivity (Wildman–Crippen MR) is 98.9 cm³/mol. The molecule has 24 heavy (non-hydrogen) atoms. The second-order valence-corrected chi connectivity index (χ2v) is 8.54. The van der Waals surface area contributed by atoms with Crippen LogP contribution in [0.3, 0.4) is 0 Å². The van der Waals surface area contributed by atoms with E-state index < -0.39 is 10.0 Å². The Morgan fingerprint density at radius 3 is 2.58 bits per heavy atom. The summed E-state index contributed by atoms with van der Waals surface area (Å²) in [6, 6.07) is 10.9. The zero-order valence-corrected chi connectivity index (χ0v) is 15.7. The number of hydrogen-bond acceptors (Lipinski definition) is 4. The van der Waals surface area contributed by atoms with Crippen LogP contribution in [0, 0.1) is 6.92 Å². The zero-order valence-electron chi connectivity index (χ0n) is 14.0. The number of nitrogens with zero attached hydrogens (tertiary/aromatic N) is 1. The number of anilines is 1. The summed E-state index contributed by atoms with van der Waals surface area (Å²) in [6.07, 6.45) is 1.86. The van der Waals surface area contributed by atoms with Crippen LogP contribution in [-0.4, -0.2) is 27.1 Å². The van der Waals surface area contributed by atoms with Crippen LogP contribution in [0.25, 0.3) is 0 Å². The summed E-state index contributed by atoms with van der Waals surface area (Å²) in [6.45, 7) is 3.64. The fraction of sp³-hybridized carbons (Fsp3) is 0.353. The van der Waals surface area contributed by atoms with E-state index in [2.05, 4.69) is 5.32 Å². The molecule has 130 valence electrons. The average molecular weight is 367 g/mol. The summed E-state index contributed by atoms with van der Waals surface area (Å²) in [7, 11) is -3.55. The number of thiophene rings is 1. The van der Waals surface area contributed by atoms with Crippen molar-refractivity contribution in [3.05, 3.63) is 52.2 Å². The lowest BCUT2D eigenvalue weighted by Crippen LogP contribution is -2.41. The van der Waals surface area contributed by atoms with Crippen LogP contribution in [0.4, 0.5) is 5.69 Å². The molecule has 0 unspecified atom stereocenters. The van der Waals surface area contributed by atoms with Crippen LogP contribution in [0.15, 0.2) is 41.8 Å². The molecule has 2 aromatic rings. The maximum atomic E-state index is 12.4. The Hall–Kier alpha value is -1.86. The van der Waals surface area contributed by atoms with E-state index in [0.717, 1.165) is 27.4 Å². The molecule has 1 atom stereocenters. The maximum Gasteiger partial charge on any atom is 0.241 e. The molecule has 0 radical (unpaired) electrons. The number of aryl methyl sites for hydroxylation is 1. The van der Waals surface area contributed by atoms with Crippen LogP contribution < -0.4 is 9.62 Å². The van der Waals surface area contributed by atoms with E-state index in [4.69, 9.17) is 0 Å². The summed E-state index contributed by atoms with van der Waals surface area (Å²) in [5.74, 6) is -0.317. The van der Waals surface area contributed by atoms with Gasteiger partial charge in [-0.1, -0.05) is 25.1 Å². The molecule has 1 amide bonds. The predicted octanol–water partition coefficient (Wildman–Crippen LogP) is 3.09. The molecule has 7 heteroatoms. The normalized spacial score (nSPS) is 12.6. The molecule has 0 spiro atoms. The summed E-state index contributed by atoms with van der Waals surface area (Å²) in [5.41, 5.74) is 1.43. The molecular formula is C17H22N2O3S2. The molecule has 0 saturated carbocycles. The van der Waals surface area contributed by atoms with Crippen LogP contribution in [0.5, 0.6) is 0 Å². The average Bonchev–Trinajstić information content (AvgIpc) is 3.03. The van der Waals surface area contributed by atoms with Crippen molar-refractivity contribution >= 4 is 33.0 Å². The largest absolute Gasteiger partial charge is 0.347 e. The quantitative estimate of drug-likeness (QED) is 0.819.